The third-order valence-electron chi connectivity index (χ3n) is 3.52. The number of rotatable bonds is 6. The van der Waals surface area contributed by atoms with E-state index in [4.69, 9.17) is 16.0 Å². The Labute approximate surface area is 162 Å². The zero-order valence-electron chi connectivity index (χ0n) is 14.1. The molecule has 0 aliphatic carbocycles. The van der Waals surface area contributed by atoms with Crippen LogP contribution in [0.4, 0.5) is 17.4 Å². The standard InChI is InChI=1S/C17H12ClN5O5/c18-9-14(24)19-12-5-1-10(2-6-12)15(25)20-17-22-21-16(28-17)11-3-7-13(8-4-11)23(26)27/h1-8H,9H2,(H,19,24)(H,20,22,25). The molecule has 0 fully saturated rings. The molecule has 0 radical (unpaired) electrons. The van der Waals surface area contributed by atoms with Gasteiger partial charge >= 0.3 is 6.01 Å². The van der Waals surface area contributed by atoms with Crippen molar-refractivity contribution in [3.05, 3.63) is 64.2 Å². The molecule has 0 aliphatic rings. The molecule has 3 aromatic rings. The van der Waals surface area contributed by atoms with Crippen molar-refractivity contribution in [2.45, 2.75) is 0 Å². The second-order valence-corrected chi connectivity index (χ2v) is 5.70. The molecule has 2 amide bonds. The summed E-state index contributed by atoms with van der Waals surface area (Å²) < 4.78 is 5.36. The molecule has 0 aliphatic heterocycles. The van der Waals surface area contributed by atoms with E-state index >= 15 is 0 Å². The van der Waals surface area contributed by atoms with Crippen molar-refractivity contribution in [2.24, 2.45) is 0 Å². The van der Waals surface area contributed by atoms with E-state index in [0.717, 1.165) is 0 Å². The van der Waals surface area contributed by atoms with Gasteiger partial charge in [-0.15, -0.1) is 16.7 Å². The van der Waals surface area contributed by atoms with E-state index in [1.807, 2.05) is 0 Å². The van der Waals surface area contributed by atoms with Crippen LogP contribution in [0.15, 0.2) is 52.9 Å². The number of nitro groups is 1. The summed E-state index contributed by atoms with van der Waals surface area (Å²) in [4.78, 5) is 33.6. The van der Waals surface area contributed by atoms with Crippen LogP contribution in [0.5, 0.6) is 0 Å². The predicted octanol–water partition coefficient (Wildman–Crippen LogP) is 3.07. The van der Waals surface area contributed by atoms with Gasteiger partial charge in [-0.2, -0.15) is 0 Å². The first-order chi connectivity index (χ1) is 13.5. The van der Waals surface area contributed by atoms with Crippen LogP contribution in [0.25, 0.3) is 11.5 Å². The number of anilines is 2. The van der Waals surface area contributed by atoms with Gasteiger partial charge in [-0.1, -0.05) is 5.10 Å². The number of nitrogens with one attached hydrogen (secondary N) is 2. The van der Waals surface area contributed by atoms with Gasteiger partial charge in [0.15, 0.2) is 0 Å². The Hall–Kier alpha value is -3.79. The number of carbonyl (C=O) groups excluding carboxylic acids is 2. The van der Waals surface area contributed by atoms with Crippen molar-refractivity contribution in [3.63, 3.8) is 0 Å². The molecule has 2 aromatic carbocycles. The topological polar surface area (TPSA) is 140 Å². The Morgan fingerprint density at radius 2 is 1.71 bits per heavy atom. The van der Waals surface area contributed by atoms with Crippen LogP contribution in [0.3, 0.4) is 0 Å². The average Bonchev–Trinajstić information content (AvgIpc) is 3.17. The number of aromatic nitrogens is 2. The molecule has 0 bridgehead atoms. The minimum Gasteiger partial charge on any atom is -0.403 e. The quantitative estimate of drug-likeness (QED) is 0.367. The predicted molar refractivity (Wildman–Crippen MR) is 100 cm³/mol. The molecule has 3 rings (SSSR count). The lowest BCUT2D eigenvalue weighted by molar-refractivity contribution is -0.384. The summed E-state index contributed by atoms with van der Waals surface area (Å²) >= 11 is 5.41. The SMILES string of the molecule is O=C(CCl)Nc1ccc(C(=O)Nc2nnc(-c3ccc([N+](=O)[O-])cc3)o2)cc1. The summed E-state index contributed by atoms with van der Waals surface area (Å²) in [6.45, 7) is 0. The van der Waals surface area contributed by atoms with E-state index in [2.05, 4.69) is 20.8 Å². The van der Waals surface area contributed by atoms with Gasteiger partial charge in [0.05, 0.1) is 4.92 Å². The van der Waals surface area contributed by atoms with E-state index in [0.29, 0.717) is 16.8 Å². The Kier molecular flexibility index (Phi) is 5.61. The number of carbonyl (C=O) groups is 2. The van der Waals surface area contributed by atoms with Crippen LogP contribution >= 0.6 is 11.6 Å². The first-order valence-electron chi connectivity index (χ1n) is 7.82. The molecule has 142 valence electrons. The fraction of sp³-hybridized carbons (Fsp3) is 0.0588. The van der Waals surface area contributed by atoms with Crippen molar-refractivity contribution in [3.8, 4) is 11.5 Å². The van der Waals surface area contributed by atoms with Crippen LogP contribution in [0.2, 0.25) is 0 Å². The van der Waals surface area contributed by atoms with Crippen molar-refractivity contribution >= 4 is 40.8 Å². The first kappa shape index (κ1) is 19.0. The molecule has 2 N–H and O–H groups in total. The van der Waals surface area contributed by atoms with Gasteiger partial charge in [0.25, 0.3) is 11.6 Å². The monoisotopic (exact) mass is 401 g/mol. The molecule has 0 spiro atoms. The molecule has 1 aromatic heterocycles. The molecule has 11 heteroatoms. The van der Waals surface area contributed by atoms with Crippen LogP contribution in [0, 0.1) is 10.1 Å². The van der Waals surface area contributed by atoms with Gasteiger partial charge in [-0.25, -0.2) is 0 Å². The molecule has 28 heavy (non-hydrogen) atoms. The fourth-order valence-electron chi connectivity index (χ4n) is 2.18. The highest BCUT2D eigenvalue weighted by Gasteiger charge is 2.14. The van der Waals surface area contributed by atoms with E-state index in [-0.39, 0.29) is 29.4 Å². The smallest absolute Gasteiger partial charge is 0.322 e. The fourth-order valence-corrected chi connectivity index (χ4v) is 2.25. The van der Waals surface area contributed by atoms with Gasteiger partial charge in [0, 0.05) is 28.9 Å². The maximum absolute atomic E-state index is 12.2. The maximum atomic E-state index is 12.2. The number of nitrogens with zero attached hydrogens (tertiary/aromatic N) is 3. The Balaban J connectivity index is 1.66. The van der Waals surface area contributed by atoms with Gasteiger partial charge < -0.3 is 9.73 Å². The zero-order valence-corrected chi connectivity index (χ0v) is 14.8. The van der Waals surface area contributed by atoms with Gasteiger partial charge in [-0.05, 0) is 36.4 Å². The largest absolute Gasteiger partial charge is 0.403 e. The second kappa shape index (κ2) is 8.27. The van der Waals surface area contributed by atoms with Crippen molar-refractivity contribution in [1.29, 1.82) is 0 Å². The minimum absolute atomic E-state index is 0.0672. The molecular weight excluding hydrogens is 390 g/mol. The molecule has 0 saturated carbocycles. The van der Waals surface area contributed by atoms with E-state index in [1.165, 1.54) is 36.4 Å². The van der Waals surface area contributed by atoms with Crippen molar-refractivity contribution in [1.82, 2.24) is 10.2 Å². The number of alkyl halides is 1. The average molecular weight is 402 g/mol. The molecule has 0 atom stereocenters. The molecular formula is C17H12ClN5O5. The lowest BCUT2D eigenvalue weighted by atomic mass is 10.2. The third kappa shape index (κ3) is 4.48. The normalized spacial score (nSPS) is 10.3. The zero-order chi connectivity index (χ0) is 20.1. The molecule has 0 unspecified atom stereocenters. The van der Waals surface area contributed by atoms with E-state index in [9.17, 15) is 19.7 Å². The van der Waals surface area contributed by atoms with Crippen molar-refractivity contribution in [2.75, 3.05) is 16.5 Å². The molecule has 1 heterocycles. The second-order valence-electron chi connectivity index (χ2n) is 5.43. The van der Waals surface area contributed by atoms with Crippen LogP contribution in [-0.4, -0.2) is 32.8 Å². The van der Waals surface area contributed by atoms with E-state index in [1.54, 1.807) is 12.1 Å². The van der Waals surface area contributed by atoms with Crippen LogP contribution in [-0.2, 0) is 4.79 Å². The van der Waals surface area contributed by atoms with E-state index < -0.39 is 10.8 Å². The highest BCUT2D eigenvalue weighted by Crippen LogP contribution is 2.23. The Bertz CT molecular complexity index is 1020. The number of non-ortho nitro benzene ring substituents is 1. The Morgan fingerprint density at radius 1 is 1.04 bits per heavy atom. The molecule has 0 saturated heterocycles. The summed E-state index contributed by atoms with van der Waals surface area (Å²) in [5.74, 6) is -0.918. The summed E-state index contributed by atoms with van der Waals surface area (Å²) in [6.07, 6.45) is 0. The number of nitro benzene ring substituents is 1. The van der Waals surface area contributed by atoms with Crippen molar-refractivity contribution < 1.29 is 18.9 Å². The minimum atomic E-state index is -0.518. The van der Waals surface area contributed by atoms with Crippen LogP contribution in [0.1, 0.15) is 10.4 Å². The lowest BCUT2D eigenvalue weighted by Gasteiger charge is -2.04. The highest BCUT2D eigenvalue weighted by atomic mass is 35.5. The van der Waals surface area contributed by atoms with Gasteiger partial charge in [0.1, 0.15) is 5.88 Å². The summed E-state index contributed by atoms with van der Waals surface area (Å²) in [5.41, 5.74) is 1.21. The number of halogens is 1. The van der Waals surface area contributed by atoms with Gasteiger partial charge in [0.2, 0.25) is 11.8 Å². The maximum Gasteiger partial charge on any atom is 0.322 e. The lowest BCUT2D eigenvalue weighted by Crippen LogP contribution is -2.14. The summed E-state index contributed by atoms with van der Waals surface area (Å²) in [7, 11) is 0. The summed E-state index contributed by atoms with van der Waals surface area (Å²) in [5, 5.41) is 23.2. The first-order valence-corrected chi connectivity index (χ1v) is 8.35. The number of hydrogen-bond acceptors (Lipinski definition) is 7. The number of hydrogen-bond donors (Lipinski definition) is 2. The molecule has 10 nitrogen and oxygen atoms in total. The number of benzene rings is 2. The summed E-state index contributed by atoms with van der Waals surface area (Å²) in [6, 6.07) is 11.5. The third-order valence-corrected chi connectivity index (χ3v) is 3.77. The van der Waals surface area contributed by atoms with Crippen LogP contribution < -0.4 is 10.6 Å². The van der Waals surface area contributed by atoms with Gasteiger partial charge in [-0.3, -0.25) is 25.0 Å². The highest BCUT2D eigenvalue weighted by molar-refractivity contribution is 6.29. The number of amides is 2. The Morgan fingerprint density at radius 3 is 2.32 bits per heavy atom.